The average Bonchev–Trinajstić information content (AvgIpc) is 2.45. The third-order valence-electron chi connectivity index (χ3n) is 3.06. The van der Waals surface area contributed by atoms with Crippen LogP contribution in [0.2, 0.25) is 0 Å². The van der Waals surface area contributed by atoms with E-state index in [-0.39, 0.29) is 5.91 Å². The summed E-state index contributed by atoms with van der Waals surface area (Å²) in [6.45, 7) is 4.69. The molecule has 1 amide bonds. The molecule has 0 unspecified atom stereocenters. The first-order valence-corrected chi connectivity index (χ1v) is 7.57. The molecule has 2 N–H and O–H groups in total. The van der Waals surface area contributed by atoms with Crippen LogP contribution < -0.4 is 10.6 Å². The maximum atomic E-state index is 11.8. The van der Waals surface area contributed by atoms with Crippen LogP contribution >= 0.6 is 11.8 Å². The first-order valence-electron chi connectivity index (χ1n) is 6.59. The van der Waals surface area contributed by atoms with Crippen molar-refractivity contribution in [1.29, 1.82) is 0 Å². The molecule has 0 radical (unpaired) electrons. The summed E-state index contributed by atoms with van der Waals surface area (Å²) in [6, 6.07) is 8.26. The van der Waals surface area contributed by atoms with Crippen molar-refractivity contribution >= 4 is 17.7 Å². The van der Waals surface area contributed by atoms with Crippen molar-refractivity contribution in [2.75, 3.05) is 25.4 Å². The predicted molar refractivity (Wildman–Crippen MR) is 80.5 cm³/mol. The fourth-order valence-corrected chi connectivity index (χ4v) is 2.61. The van der Waals surface area contributed by atoms with Crippen molar-refractivity contribution in [3.63, 3.8) is 0 Å². The Hall–Kier alpha value is -1.26. The van der Waals surface area contributed by atoms with Crippen LogP contribution in [0, 0.1) is 6.92 Å². The van der Waals surface area contributed by atoms with E-state index in [0.717, 1.165) is 24.4 Å². The molecule has 0 atom stereocenters. The molecule has 4 heteroatoms. The number of aryl methyl sites for hydroxylation is 1. The molecular weight excluding hydrogens is 256 g/mol. The van der Waals surface area contributed by atoms with E-state index in [4.69, 9.17) is 0 Å². The minimum Gasteiger partial charge on any atom is -0.352 e. The fraction of sp³-hybridized carbons (Fsp3) is 0.400. The van der Waals surface area contributed by atoms with Crippen LogP contribution in [-0.4, -0.2) is 31.3 Å². The number of rotatable bonds is 5. The summed E-state index contributed by atoms with van der Waals surface area (Å²) in [5.74, 6) is 0.583. The van der Waals surface area contributed by atoms with Crippen LogP contribution in [0.4, 0.5) is 0 Å². The number of carbonyl (C=O) groups excluding carboxylic acids is 1. The van der Waals surface area contributed by atoms with Crippen molar-refractivity contribution < 1.29 is 4.79 Å². The van der Waals surface area contributed by atoms with Gasteiger partial charge in [0.2, 0.25) is 5.91 Å². The zero-order chi connectivity index (χ0) is 13.5. The number of carbonyl (C=O) groups is 1. The van der Waals surface area contributed by atoms with Gasteiger partial charge in [-0.2, -0.15) is 0 Å². The van der Waals surface area contributed by atoms with Gasteiger partial charge in [0.05, 0.1) is 5.75 Å². The molecule has 0 saturated heterocycles. The molecule has 19 heavy (non-hydrogen) atoms. The molecule has 102 valence electrons. The summed E-state index contributed by atoms with van der Waals surface area (Å²) in [6.07, 6.45) is 3.20. The third-order valence-corrected chi connectivity index (χ3v) is 4.07. The lowest BCUT2D eigenvalue weighted by molar-refractivity contribution is -0.118. The van der Waals surface area contributed by atoms with E-state index in [1.165, 1.54) is 11.1 Å². The molecule has 1 aliphatic rings. The Morgan fingerprint density at radius 1 is 1.37 bits per heavy atom. The van der Waals surface area contributed by atoms with Crippen LogP contribution in [0.3, 0.4) is 0 Å². The third kappa shape index (κ3) is 5.09. The normalized spacial score (nSPS) is 14.9. The van der Waals surface area contributed by atoms with Gasteiger partial charge in [0.25, 0.3) is 0 Å². The molecule has 0 spiro atoms. The maximum Gasteiger partial charge on any atom is 0.230 e. The predicted octanol–water partition coefficient (Wildman–Crippen LogP) is 2.12. The molecule has 0 fully saturated rings. The summed E-state index contributed by atoms with van der Waals surface area (Å²) in [7, 11) is 0. The topological polar surface area (TPSA) is 41.1 Å². The van der Waals surface area contributed by atoms with Gasteiger partial charge in [-0.25, -0.2) is 0 Å². The Bertz CT molecular complexity index is 454. The van der Waals surface area contributed by atoms with E-state index in [9.17, 15) is 4.79 Å². The van der Waals surface area contributed by atoms with E-state index in [1.54, 1.807) is 11.8 Å². The van der Waals surface area contributed by atoms with Gasteiger partial charge in [-0.05, 0) is 32.0 Å². The van der Waals surface area contributed by atoms with Crippen LogP contribution in [0.1, 0.15) is 12.0 Å². The highest BCUT2D eigenvalue weighted by Crippen LogP contribution is 2.17. The van der Waals surface area contributed by atoms with E-state index in [0.29, 0.717) is 12.3 Å². The lowest BCUT2D eigenvalue weighted by Crippen LogP contribution is -2.30. The molecule has 1 aromatic rings. The Morgan fingerprint density at radius 2 is 2.16 bits per heavy atom. The Kier molecular flexibility index (Phi) is 5.48. The van der Waals surface area contributed by atoms with E-state index in [1.807, 2.05) is 0 Å². The number of hydrogen-bond acceptors (Lipinski definition) is 3. The highest BCUT2D eigenvalue weighted by molar-refractivity contribution is 8.00. The fourth-order valence-electron chi connectivity index (χ4n) is 1.88. The van der Waals surface area contributed by atoms with Gasteiger partial charge in [-0.3, -0.25) is 4.79 Å². The summed E-state index contributed by atoms with van der Waals surface area (Å²) in [5, 5.41) is 6.24. The van der Waals surface area contributed by atoms with Crippen molar-refractivity contribution in [3.8, 4) is 0 Å². The quantitative estimate of drug-likeness (QED) is 0.639. The lowest BCUT2D eigenvalue weighted by Gasteiger charge is -2.14. The molecule has 0 aromatic heterocycles. The first-order chi connectivity index (χ1) is 9.24. The van der Waals surface area contributed by atoms with Crippen LogP contribution in [0.5, 0.6) is 0 Å². The summed E-state index contributed by atoms with van der Waals surface area (Å²) in [4.78, 5) is 12.9. The zero-order valence-corrected chi connectivity index (χ0v) is 12.1. The van der Waals surface area contributed by atoms with Gasteiger partial charge in [-0.15, -0.1) is 11.8 Å². The smallest absolute Gasteiger partial charge is 0.230 e. The number of hydrogen-bond donors (Lipinski definition) is 2. The standard InChI is InChI=1S/C15H20N2OS/c1-12-2-4-14(5-3-12)19-11-15(18)17-10-13-6-8-16-9-7-13/h2-6,16H,7-11H2,1H3,(H,17,18). The van der Waals surface area contributed by atoms with Crippen LogP contribution in [0.25, 0.3) is 0 Å². The largest absolute Gasteiger partial charge is 0.352 e. The molecule has 0 aliphatic carbocycles. The second-order valence-electron chi connectivity index (χ2n) is 4.69. The molecule has 0 bridgehead atoms. The van der Waals surface area contributed by atoms with Gasteiger partial charge in [0.15, 0.2) is 0 Å². The monoisotopic (exact) mass is 276 g/mol. The Labute approximate surface area is 118 Å². The molecule has 2 rings (SSSR count). The summed E-state index contributed by atoms with van der Waals surface area (Å²) >= 11 is 1.58. The molecule has 1 aliphatic heterocycles. The van der Waals surface area contributed by atoms with Crippen LogP contribution in [0.15, 0.2) is 40.8 Å². The number of benzene rings is 1. The van der Waals surface area contributed by atoms with E-state index < -0.39 is 0 Å². The molecule has 1 heterocycles. The van der Waals surface area contributed by atoms with Gasteiger partial charge in [0, 0.05) is 18.0 Å². The van der Waals surface area contributed by atoms with Gasteiger partial charge >= 0.3 is 0 Å². The lowest BCUT2D eigenvalue weighted by atomic mass is 10.1. The molecule has 0 saturated carbocycles. The molecule has 1 aromatic carbocycles. The number of thioether (sulfide) groups is 1. The first kappa shape index (κ1) is 14.2. The zero-order valence-electron chi connectivity index (χ0n) is 11.2. The Morgan fingerprint density at radius 3 is 2.84 bits per heavy atom. The minimum absolute atomic E-state index is 0.102. The highest BCUT2D eigenvalue weighted by atomic mass is 32.2. The average molecular weight is 276 g/mol. The van der Waals surface area contributed by atoms with Gasteiger partial charge in [-0.1, -0.05) is 29.3 Å². The maximum absolute atomic E-state index is 11.8. The second-order valence-corrected chi connectivity index (χ2v) is 5.74. The van der Waals surface area contributed by atoms with Crippen molar-refractivity contribution in [3.05, 3.63) is 41.5 Å². The molecule has 3 nitrogen and oxygen atoms in total. The van der Waals surface area contributed by atoms with Crippen molar-refractivity contribution in [2.45, 2.75) is 18.2 Å². The summed E-state index contributed by atoms with van der Waals surface area (Å²) in [5.41, 5.74) is 2.57. The van der Waals surface area contributed by atoms with Crippen molar-refractivity contribution in [2.24, 2.45) is 0 Å². The SMILES string of the molecule is Cc1ccc(SCC(=O)NCC2=CCNCC2)cc1. The van der Waals surface area contributed by atoms with Gasteiger partial charge < -0.3 is 10.6 Å². The summed E-state index contributed by atoms with van der Waals surface area (Å²) < 4.78 is 0. The van der Waals surface area contributed by atoms with E-state index in [2.05, 4.69) is 47.9 Å². The number of amides is 1. The van der Waals surface area contributed by atoms with Crippen molar-refractivity contribution in [1.82, 2.24) is 10.6 Å². The highest BCUT2D eigenvalue weighted by Gasteiger charge is 2.06. The minimum atomic E-state index is 0.102. The van der Waals surface area contributed by atoms with E-state index >= 15 is 0 Å². The molecular formula is C15H20N2OS. The second kappa shape index (κ2) is 7.36. The number of nitrogens with one attached hydrogen (secondary N) is 2. The Balaban J connectivity index is 1.69. The van der Waals surface area contributed by atoms with Gasteiger partial charge in [0.1, 0.15) is 0 Å². The van der Waals surface area contributed by atoms with Crippen LogP contribution in [-0.2, 0) is 4.79 Å².